The minimum atomic E-state index is -0.210. The molecular formula is C25H29N7O4. The summed E-state index contributed by atoms with van der Waals surface area (Å²) in [5, 5.41) is 10.7. The van der Waals surface area contributed by atoms with Crippen molar-refractivity contribution in [3.8, 4) is 22.6 Å². The molecule has 4 aliphatic rings. The predicted molar refractivity (Wildman–Crippen MR) is 132 cm³/mol. The van der Waals surface area contributed by atoms with Crippen LogP contribution < -0.4 is 10.6 Å². The number of anilines is 1. The fourth-order valence-electron chi connectivity index (χ4n) is 5.14. The van der Waals surface area contributed by atoms with Crippen molar-refractivity contribution >= 4 is 17.4 Å². The maximum Gasteiger partial charge on any atom is 0.257 e. The van der Waals surface area contributed by atoms with Gasteiger partial charge in [0.25, 0.3) is 5.91 Å². The van der Waals surface area contributed by atoms with Gasteiger partial charge in [-0.15, -0.1) is 0 Å². The Labute approximate surface area is 208 Å². The van der Waals surface area contributed by atoms with Gasteiger partial charge in [0.15, 0.2) is 5.65 Å². The summed E-state index contributed by atoms with van der Waals surface area (Å²) >= 11 is 0. The van der Waals surface area contributed by atoms with E-state index in [-0.39, 0.29) is 30.2 Å². The van der Waals surface area contributed by atoms with Crippen LogP contribution in [-0.4, -0.2) is 82.8 Å². The van der Waals surface area contributed by atoms with Crippen LogP contribution in [0.15, 0.2) is 36.8 Å². The van der Waals surface area contributed by atoms with Crippen LogP contribution in [0.5, 0.6) is 0 Å². The van der Waals surface area contributed by atoms with Gasteiger partial charge in [-0.25, -0.2) is 9.97 Å². The number of hydrogen-bond acceptors (Lipinski definition) is 8. The monoisotopic (exact) mass is 491 g/mol. The summed E-state index contributed by atoms with van der Waals surface area (Å²) in [6, 6.07) is 5.98. The van der Waals surface area contributed by atoms with Gasteiger partial charge in [-0.3, -0.25) is 4.79 Å². The van der Waals surface area contributed by atoms with Crippen LogP contribution >= 0.6 is 0 Å². The number of fused-ring (bicyclic) bond motifs is 2. The predicted octanol–water partition coefficient (Wildman–Crippen LogP) is 2.23. The van der Waals surface area contributed by atoms with Crippen LogP contribution in [0.3, 0.4) is 0 Å². The zero-order chi connectivity index (χ0) is 24.8. The van der Waals surface area contributed by atoms with Crippen molar-refractivity contribution in [2.45, 2.75) is 37.1 Å². The third-order valence-electron chi connectivity index (χ3n) is 7.34. The van der Waals surface area contributed by atoms with E-state index in [4.69, 9.17) is 24.2 Å². The maximum absolute atomic E-state index is 13.1. The molecule has 2 aromatic rings. The number of aromatic nitrogens is 5. The van der Waals surface area contributed by atoms with Gasteiger partial charge < -0.3 is 29.4 Å². The molecule has 2 fully saturated rings. The highest BCUT2D eigenvalue weighted by Crippen LogP contribution is 2.37. The Hall–Kier alpha value is -3.54. The molecule has 1 amide bonds. The van der Waals surface area contributed by atoms with Crippen LogP contribution in [0.2, 0.25) is 0 Å². The summed E-state index contributed by atoms with van der Waals surface area (Å²) in [5.74, 6) is 1.34. The Balaban J connectivity index is 1.38. The van der Waals surface area contributed by atoms with Crippen molar-refractivity contribution in [3.05, 3.63) is 42.4 Å². The maximum atomic E-state index is 13.1. The van der Waals surface area contributed by atoms with Gasteiger partial charge in [0.2, 0.25) is 0 Å². The molecule has 0 spiro atoms. The van der Waals surface area contributed by atoms with Gasteiger partial charge in [-0.2, -0.15) is 9.61 Å². The van der Waals surface area contributed by atoms with Crippen molar-refractivity contribution in [2.75, 3.05) is 39.8 Å². The minimum Gasteiger partial charge on any atom is -0.379 e. The zero-order valence-corrected chi connectivity index (χ0v) is 20.5. The number of amides is 1. The third-order valence-corrected chi connectivity index (χ3v) is 7.34. The second-order valence-electron chi connectivity index (χ2n) is 9.21. The number of hydrogen-bond donors (Lipinski definition) is 2. The summed E-state index contributed by atoms with van der Waals surface area (Å²) in [5.41, 5.74) is 3.42. The van der Waals surface area contributed by atoms with E-state index in [1.807, 2.05) is 37.6 Å². The molecule has 4 atom stereocenters. The van der Waals surface area contributed by atoms with Crippen molar-refractivity contribution in [1.82, 2.24) is 29.5 Å². The number of nitrogens with one attached hydrogen (secondary N) is 2. The Morgan fingerprint density at radius 2 is 2.00 bits per heavy atom. The molecule has 0 aromatic carbocycles. The van der Waals surface area contributed by atoms with Gasteiger partial charge in [-0.1, -0.05) is 0 Å². The van der Waals surface area contributed by atoms with E-state index in [2.05, 4.69) is 20.3 Å². The van der Waals surface area contributed by atoms with Gasteiger partial charge in [0, 0.05) is 50.9 Å². The molecule has 188 valence electrons. The molecule has 1 unspecified atom stereocenters. The number of carbonyl (C=O) groups is 1. The van der Waals surface area contributed by atoms with Crippen LogP contribution in [-0.2, 0) is 14.2 Å². The number of nitrogens with zero attached hydrogens (tertiary/aromatic N) is 5. The summed E-state index contributed by atoms with van der Waals surface area (Å²) < 4.78 is 20.5. The number of ether oxygens (including phenoxy) is 3. The molecule has 36 heavy (non-hydrogen) atoms. The topological polar surface area (TPSA) is 117 Å². The Morgan fingerprint density at radius 3 is 2.75 bits per heavy atom. The fourth-order valence-corrected chi connectivity index (χ4v) is 5.14. The van der Waals surface area contributed by atoms with Crippen molar-refractivity contribution < 1.29 is 19.0 Å². The smallest absolute Gasteiger partial charge is 0.257 e. The lowest BCUT2D eigenvalue weighted by Crippen LogP contribution is -2.51. The van der Waals surface area contributed by atoms with Crippen LogP contribution in [0, 0.1) is 0 Å². The van der Waals surface area contributed by atoms with E-state index >= 15 is 0 Å². The van der Waals surface area contributed by atoms with Gasteiger partial charge in [0.05, 0.1) is 43.3 Å². The van der Waals surface area contributed by atoms with E-state index in [0.717, 1.165) is 29.8 Å². The summed E-state index contributed by atoms with van der Waals surface area (Å²) in [7, 11) is 5.19. The molecule has 3 aliphatic heterocycles. The van der Waals surface area contributed by atoms with Gasteiger partial charge in [-0.05, 0) is 25.0 Å². The molecule has 0 bridgehead atoms. The summed E-state index contributed by atoms with van der Waals surface area (Å²) in [6.07, 6.45) is 7.24. The number of carbonyl (C=O) groups excluding carboxylic acids is 1. The first kappa shape index (κ1) is 22.9. The summed E-state index contributed by atoms with van der Waals surface area (Å²) in [4.78, 5) is 22.7. The van der Waals surface area contributed by atoms with Crippen LogP contribution in [0.4, 0.5) is 5.82 Å². The van der Waals surface area contributed by atoms with E-state index in [0.29, 0.717) is 35.9 Å². The summed E-state index contributed by atoms with van der Waals surface area (Å²) in [6.45, 7) is 1.12. The first-order chi connectivity index (χ1) is 17.6. The highest BCUT2D eigenvalue weighted by molar-refractivity contribution is 6.00. The molecular weight excluding hydrogens is 462 g/mol. The lowest BCUT2D eigenvalue weighted by atomic mass is 9.89. The number of pyridine rings is 1. The van der Waals surface area contributed by atoms with E-state index < -0.39 is 0 Å². The molecule has 1 aliphatic carbocycles. The lowest BCUT2D eigenvalue weighted by molar-refractivity contribution is 0.00732. The van der Waals surface area contributed by atoms with Gasteiger partial charge >= 0.3 is 0 Å². The van der Waals surface area contributed by atoms with E-state index in [9.17, 15) is 4.79 Å². The molecule has 1 saturated heterocycles. The number of methoxy groups -OCH3 is 2. The average molecular weight is 492 g/mol. The Kier molecular flexibility index (Phi) is 5.82. The third kappa shape index (κ3) is 3.62. The number of rotatable bonds is 7. The Bertz CT molecular complexity index is 1380. The lowest BCUT2D eigenvalue weighted by Gasteiger charge is -2.35. The SMILES string of the molecule is CNc1cc(-c2cnc3n([C@@H]4COC[C@H]4OC)cccc2-3)nc2c(C(=O)NC3CC[C@@H]3OC)cnn12. The standard InChI is InChI=1S/C25H29N7O4/c1-26-22-9-18(29-24-16(11-28-32(22)24)25(33)30-17-6-7-20(17)34-2)15-10-27-23-14(15)5-4-8-31(23)19-12-36-13-21(19)35-3/h4-5,8-11,17,19-21,26H,6-7,12-13H2,1-3H3,(H,30,33)/t17?,19-,20+,21-/m1/s1. The minimum absolute atomic E-state index is 0.00133. The largest absolute Gasteiger partial charge is 0.379 e. The second kappa shape index (κ2) is 9.16. The Morgan fingerprint density at radius 1 is 1.14 bits per heavy atom. The van der Waals surface area contributed by atoms with Crippen molar-refractivity contribution in [3.63, 3.8) is 0 Å². The molecule has 11 heteroatoms. The molecule has 2 N–H and O–H groups in total. The quantitative estimate of drug-likeness (QED) is 0.404. The second-order valence-corrected chi connectivity index (χ2v) is 9.21. The zero-order valence-electron chi connectivity index (χ0n) is 20.5. The van der Waals surface area contributed by atoms with Crippen molar-refractivity contribution in [2.24, 2.45) is 0 Å². The van der Waals surface area contributed by atoms with Gasteiger partial charge in [0.1, 0.15) is 23.3 Å². The van der Waals surface area contributed by atoms with E-state index in [1.54, 1.807) is 24.9 Å². The normalized spacial score (nSPS) is 23.8. The van der Waals surface area contributed by atoms with E-state index in [1.165, 1.54) is 0 Å². The van der Waals surface area contributed by atoms with Crippen LogP contribution in [0.25, 0.3) is 28.3 Å². The molecule has 5 heterocycles. The first-order valence-corrected chi connectivity index (χ1v) is 12.1. The van der Waals surface area contributed by atoms with Crippen LogP contribution in [0.1, 0.15) is 29.2 Å². The molecule has 11 nitrogen and oxygen atoms in total. The molecule has 6 rings (SSSR count). The van der Waals surface area contributed by atoms with Crippen molar-refractivity contribution in [1.29, 1.82) is 0 Å². The fraction of sp³-hybridized carbons (Fsp3) is 0.440. The highest BCUT2D eigenvalue weighted by atomic mass is 16.5. The molecule has 0 radical (unpaired) electrons. The first-order valence-electron chi connectivity index (χ1n) is 12.1. The molecule has 1 saturated carbocycles. The highest BCUT2D eigenvalue weighted by Gasteiger charge is 2.34. The average Bonchev–Trinajstić information content (AvgIpc) is 3.63. The molecule has 2 aromatic heterocycles.